The highest BCUT2D eigenvalue weighted by Gasteiger charge is 2.01. The predicted molar refractivity (Wildman–Crippen MR) is 71.3 cm³/mol. The minimum atomic E-state index is -0.0131. The smallest absolute Gasteiger partial charge is 0.251 e. The first-order valence-corrected chi connectivity index (χ1v) is 5.94. The minimum Gasteiger partial charge on any atom is -0.328 e. The molecule has 17 heavy (non-hydrogen) atoms. The van der Waals surface area contributed by atoms with Gasteiger partial charge in [-0.2, -0.15) is 0 Å². The Morgan fingerprint density at radius 2 is 2.12 bits per heavy atom. The Morgan fingerprint density at radius 3 is 2.82 bits per heavy atom. The van der Waals surface area contributed by atoms with Gasteiger partial charge < -0.3 is 10.7 Å². The minimum absolute atomic E-state index is 0.0131. The Balaban J connectivity index is 2.36. The molecule has 0 aliphatic rings. The highest BCUT2D eigenvalue weighted by Crippen LogP contribution is 2.15. The van der Waals surface area contributed by atoms with E-state index in [0.717, 1.165) is 29.3 Å². The SMILES string of the molecule is Cc1cc2cc(CCC(C)N)ccc2[nH]c1=O. The van der Waals surface area contributed by atoms with E-state index in [1.807, 2.05) is 26.0 Å². The predicted octanol–water partition coefficient (Wildman–Crippen LogP) is 2.12. The highest BCUT2D eigenvalue weighted by molar-refractivity contribution is 5.79. The van der Waals surface area contributed by atoms with Crippen LogP contribution in [0, 0.1) is 6.92 Å². The molecule has 1 aromatic carbocycles. The molecule has 90 valence electrons. The molecule has 3 heteroatoms. The molecular weight excluding hydrogens is 212 g/mol. The number of aromatic amines is 1. The Labute approximate surface area is 101 Å². The van der Waals surface area contributed by atoms with E-state index in [9.17, 15) is 4.79 Å². The van der Waals surface area contributed by atoms with Crippen LogP contribution in [0.3, 0.4) is 0 Å². The van der Waals surface area contributed by atoms with Gasteiger partial charge in [0.05, 0.1) is 0 Å². The molecule has 0 radical (unpaired) electrons. The molecule has 2 rings (SSSR count). The van der Waals surface area contributed by atoms with Gasteiger partial charge in [0.1, 0.15) is 0 Å². The first-order chi connectivity index (χ1) is 8.06. The Hall–Kier alpha value is -1.61. The van der Waals surface area contributed by atoms with Crippen LogP contribution in [-0.4, -0.2) is 11.0 Å². The third-order valence-electron chi connectivity index (χ3n) is 2.98. The van der Waals surface area contributed by atoms with Crippen molar-refractivity contribution in [3.8, 4) is 0 Å². The molecule has 0 bridgehead atoms. The van der Waals surface area contributed by atoms with Gasteiger partial charge in [0.2, 0.25) is 0 Å². The van der Waals surface area contributed by atoms with Crippen LogP contribution in [0.2, 0.25) is 0 Å². The standard InChI is InChI=1S/C14H18N2O/c1-9-7-12-8-11(4-3-10(2)15)5-6-13(12)16-14(9)17/h5-8,10H,3-4,15H2,1-2H3,(H,16,17). The fourth-order valence-corrected chi connectivity index (χ4v) is 1.91. The molecule has 0 saturated carbocycles. The molecule has 0 amide bonds. The van der Waals surface area contributed by atoms with Gasteiger partial charge in [0.25, 0.3) is 5.56 Å². The maximum Gasteiger partial charge on any atom is 0.251 e. The summed E-state index contributed by atoms with van der Waals surface area (Å²) in [6.07, 6.45) is 1.96. The number of aromatic nitrogens is 1. The van der Waals surface area contributed by atoms with Crippen LogP contribution in [-0.2, 0) is 6.42 Å². The van der Waals surface area contributed by atoms with Crippen LogP contribution < -0.4 is 11.3 Å². The van der Waals surface area contributed by atoms with Crippen molar-refractivity contribution in [1.29, 1.82) is 0 Å². The van der Waals surface area contributed by atoms with Gasteiger partial charge in [-0.3, -0.25) is 4.79 Å². The van der Waals surface area contributed by atoms with Gasteiger partial charge in [-0.05, 0) is 55.8 Å². The summed E-state index contributed by atoms with van der Waals surface area (Å²) in [6, 6.07) is 8.30. The molecule has 0 fully saturated rings. The van der Waals surface area contributed by atoms with Crippen molar-refractivity contribution in [2.75, 3.05) is 0 Å². The average molecular weight is 230 g/mol. The molecule has 0 aliphatic carbocycles. The summed E-state index contributed by atoms with van der Waals surface area (Å²) in [5, 5.41) is 1.09. The third kappa shape index (κ3) is 2.74. The lowest BCUT2D eigenvalue weighted by molar-refractivity contribution is 0.666. The number of benzene rings is 1. The van der Waals surface area contributed by atoms with Crippen LogP contribution in [0.5, 0.6) is 0 Å². The first-order valence-electron chi connectivity index (χ1n) is 5.94. The van der Waals surface area contributed by atoms with E-state index < -0.39 is 0 Å². The molecule has 0 spiro atoms. The number of aryl methyl sites for hydroxylation is 2. The summed E-state index contributed by atoms with van der Waals surface area (Å²) in [4.78, 5) is 14.3. The van der Waals surface area contributed by atoms with Crippen molar-refractivity contribution in [2.24, 2.45) is 5.73 Å². The van der Waals surface area contributed by atoms with E-state index in [-0.39, 0.29) is 11.6 Å². The van der Waals surface area contributed by atoms with Crippen LogP contribution in [0.15, 0.2) is 29.1 Å². The summed E-state index contributed by atoms with van der Waals surface area (Å²) in [5.41, 5.74) is 8.65. The Bertz CT molecular complexity index is 584. The average Bonchev–Trinajstić information content (AvgIpc) is 2.28. The van der Waals surface area contributed by atoms with Gasteiger partial charge in [-0.25, -0.2) is 0 Å². The highest BCUT2D eigenvalue weighted by atomic mass is 16.1. The van der Waals surface area contributed by atoms with E-state index in [0.29, 0.717) is 0 Å². The number of pyridine rings is 1. The Kier molecular flexibility index (Phi) is 3.29. The molecule has 0 saturated heterocycles. The zero-order chi connectivity index (χ0) is 12.4. The third-order valence-corrected chi connectivity index (χ3v) is 2.98. The molecule has 1 heterocycles. The number of H-pyrrole nitrogens is 1. The largest absolute Gasteiger partial charge is 0.328 e. The maximum absolute atomic E-state index is 11.5. The number of nitrogens with two attached hydrogens (primary N) is 1. The van der Waals surface area contributed by atoms with Crippen LogP contribution >= 0.6 is 0 Å². The number of nitrogens with one attached hydrogen (secondary N) is 1. The van der Waals surface area contributed by atoms with E-state index in [1.165, 1.54) is 5.56 Å². The number of hydrogen-bond acceptors (Lipinski definition) is 2. The van der Waals surface area contributed by atoms with Crippen molar-refractivity contribution in [3.63, 3.8) is 0 Å². The van der Waals surface area contributed by atoms with Crippen molar-refractivity contribution in [3.05, 3.63) is 45.7 Å². The van der Waals surface area contributed by atoms with Crippen LogP contribution in [0.25, 0.3) is 10.9 Å². The number of hydrogen-bond donors (Lipinski definition) is 2. The van der Waals surface area contributed by atoms with E-state index >= 15 is 0 Å². The fraction of sp³-hybridized carbons (Fsp3) is 0.357. The van der Waals surface area contributed by atoms with E-state index in [1.54, 1.807) is 0 Å². The van der Waals surface area contributed by atoms with Crippen molar-refractivity contribution in [2.45, 2.75) is 32.7 Å². The second kappa shape index (κ2) is 4.72. The maximum atomic E-state index is 11.5. The monoisotopic (exact) mass is 230 g/mol. The lowest BCUT2D eigenvalue weighted by atomic mass is 10.0. The summed E-state index contributed by atoms with van der Waals surface area (Å²) in [7, 11) is 0. The summed E-state index contributed by atoms with van der Waals surface area (Å²) >= 11 is 0. The second-order valence-corrected chi connectivity index (χ2v) is 4.72. The fourth-order valence-electron chi connectivity index (χ4n) is 1.91. The van der Waals surface area contributed by atoms with E-state index in [4.69, 9.17) is 5.73 Å². The van der Waals surface area contributed by atoms with Crippen molar-refractivity contribution < 1.29 is 0 Å². The van der Waals surface area contributed by atoms with Gasteiger partial charge in [-0.1, -0.05) is 6.07 Å². The number of fused-ring (bicyclic) bond motifs is 1. The molecular formula is C14H18N2O. The molecule has 3 nitrogen and oxygen atoms in total. The zero-order valence-electron chi connectivity index (χ0n) is 10.3. The van der Waals surface area contributed by atoms with Crippen molar-refractivity contribution in [1.82, 2.24) is 4.98 Å². The molecule has 1 unspecified atom stereocenters. The summed E-state index contributed by atoms with van der Waals surface area (Å²) in [6.45, 7) is 3.84. The van der Waals surface area contributed by atoms with Gasteiger partial charge in [-0.15, -0.1) is 0 Å². The molecule has 1 aromatic heterocycles. The molecule has 1 atom stereocenters. The number of rotatable bonds is 3. The zero-order valence-corrected chi connectivity index (χ0v) is 10.3. The molecule has 3 N–H and O–H groups in total. The van der Waals surface area contributed by atoms with Gasteiger partial charge in [0, 0.05) is 17.1 Å². The topological polar surface area (TPSA) is 58.9 Å². The lowest BCUT2D eigenvalue weighted by Crippen LogP contribution is -2.15. The van der Waals surface area contributed by atoms with Gasteiger partial charge >= 0.3 is 0 Å². The van der Waals surface area contributed by atoms with Gasteiger partial charge in [0.15, 0.2) is 0 Å². The van der Waals surface area contributed by atoms with Crippen LogP contribution in [0.4, 0.5) is 0 Å². The van der Waals surface area contributed by atoms with E-state index in [2.05, 4.69) is 17.1 Å². The molecule has 0 aliphatic heterocycles. The first kappa shape index (κ1) is 11.9. The summed E-state index contributed by atoms with van der Waals surface area (Å²) in [5.74, 6) is 0. The quantitative estimate of drug-likeness (QED) is 0.848. The molecule has 2 aromatic rings. The Morgan fingerprint density at radius 1 is 1.35 bits per heavy atom. The lowest BCUT2D eigenvalue weighted by Gasteiger charge is -2.06. The second-order valence-electron chi connectivity index (χ2n) is 4.72. The normalized spacial score (nSPS) is 12.9. The van der Waals surface area contributed by atoms with Crippen molar-refractivity contribution >= 4 is 10.9 Å². The summed E-state index contributed by atoms with van der Waals surface area (Å²) < 4.78 is 0. The van der Waals surface area contributed by atoms with Crippen LogP contribution in [0.1, 0.15) is 24.5 Å².